The second-order valence-corrected chi connectivity index (χ2v) is 8.82. The molecular formula is C21H20Cl2FN5O2S. The summed E-state index contributed by atoms with van der Waals surface area (Å²) in [5.74, 6) is -1.19. The van der Waals surface area contributed by atoms with Gasteiger partial charge in [-0.1, -0.05) is 66.9 Å². The Hall–Kier alpha value is -2.75. The monoisotopic (exact) mass is 495 g/mol. The summed E-state index contributed by atoms with van der Waals surface area (Å²) in [6, 6.07) is 9.49. The van der Waals surface area contributed by atoms with Gasteiger partial charge in [-0.05, 0) is 36.2 Å². The molecule has 2 aromatic carbocycles. The van der Waals surface area contributed by atoms with E-state index in [-0.39, 0.29) is 10.9 Å². The van der Waals surface area contributed by atoms with E-state index in [1.807, 2.05) is 19.9 Å². The zero-order valence-corrected chi connectivity index (χ0v) is 19.5. The molecule has 168 valence electrons. The Morgan fingerprint density at radius 1 is 1.12 bits per heavy atom. The molecule has 11 heteroatoms. The van der Waals surface area contributed by atoms with Crippen LogP contribution >= 0.6 is 34.5 Å². The van der Waals surface area contributed by atoms with Crippen LogP contribution in [0.15, 0.2) is 42.5 Å². The minimum absolute atomic E-state index is 0.120. The summed E-state index contributed by atoms with van der Waals surface area (Å²) in [7, 11) is 0. The summed E-state index contributed by atoms with van der Waals surface area (Å²) in [6.45, 7) is 3.75. The molecule has 0 saturated carbocycles. The summed E-state index contributed by atoms with van der Waals surface area (Å²) >= 11 is 13.0. The van der Waals surface area contributed by atoms with E-state index in [4.69, 9.17) is 23.2 Å². The van der Waals surface area contributed by atoms with Crippen LogP contribution in [0.5, 0.6) is 0 Å². The number of hydrogen-bond donors (Lipinski definition) is 3. The van der Waals surface area contributed by atoms with E-state index in [0.717, 1.165) is 11.6 Å². The van der Waals surface area contributed by atoms with Crippen molar-refractivity contribution in [3.63, 3.8) is 0 Å². The standard InChI is InChI=1S/C21H20Cl2FN5O2S/c1-3-11(2)17(26-20(31)25-14-7-8-16(24)15(23)10-14)18(30)27-21-29-28-19(32-21)12-5-4-6-13(22)9-12/h4-11,17H,3H2,1-2H3,(H2,25,26,31)(H,27,29,30)/t11-,17-/m0/s1. The molecule has 0 unspecified atom stereocenters. The summed E-state index contributed by atoms with van der Waals surface area (Å²) in [6.07, 6.45) is 0.643. The van der Waals surface area contributed by atoms with Crippen molar-refractivity contribution in [2.75, 3.05) is 10.6 Å². The first-order valence-electron chi connectivity index (χ1n) is 9.69. The van der Waals surface area contributed by atoms with Crippen molar-refractivity contribution in [2.24, 2.45) is 5.92 Å². The van der Waals surface area contributed by atoms with Crippen molar-refractivity contribution in [1.82, 2.24) is 15.5 Å². The van der Waals surface area contributed by atoms with Crippen LogP contribution in [0.4, 0.5) is 20.0 Å². The van der Waals surface area contributed by atoms with Gasteiger partial charge in [0.2, 0.25) is 11.0 Å². The molecule has 32 heavy (non-hydrogen) atoms. The SMILES string of the molecule is CC[C@H](C)[C@H](NC(=O)Nc1ccc(F)c(Cl)c1)C(=O)Nc1nnc(-c2cccc(Cl)c2)s1. The maximum absolute atomic E-state index is 13.3. The third-order valence-electron chi connectivity index (χ3n) is 4.69. The average Bonchev–Trinajstić information content (AvgIpc) is 3.22. The molecule has 3 aromatic rings. The van der Waals surface area contributed by atoms with Gasteiger partial charge in [-0.25, -0.2) is 9.18 Å². The fraction of sp³-hybridized carbons (Fsp3) is 0.238. The first-order chi connectivity index (χ1) is 15.3. The van der Waals surface area contributed by atoms with Gasteiger partial charge < -0.3 is 10.6 Å². The van der Waals surface area contributed by atoms with E-state index < -0.39 is 23.8 Å². The molecule has 0 bridgehead atoms. The van der Waals surface area contributed by atoms with Gasteiger partial charge in [0.05, 0.1) is 5.02 Å². The normalized spacial score (nSPS) is 12.7. The molecule has 0 radical (unpaired) electrons. The van der Waals surface area contributed by atoms with Crippen molar-refractivity contribution in [3.05, 3.63) is 58.3 Å². The molecule has 3 rings (SSSR count). The van der Waals surface area contributed by atoms with Gasteiger partial charge in [-0.15, -0.1) is 10.2 Å². The number of rotatable bonds is 7. The third kappa shape index (κ3) is 6.15. The van der Waals surface area contributed by atoms with Crippen molar-refractivity contribution in [1.29, 1.82) is 0 Å². The third-order valence-corrected chi connectivity index (χ3v) is 6.10. The van der Waals surface area contributed by atoms with Gasteiger partial charge in [-0.3, -0.25) is 10.1 Å². The lowest BCUT2D eigenvalue weighted by Crippen LogP contribution is -2.49. The molecule has 0 fully saturated rings. The summed E-state index contributed by atoms with van der Waals surface area (Å²) in [5.41, 5.74) is 1.08. The Bertz CT molecular complexity index is 1130. The van der Waals surface area contributed by atoms with Crippen LogP contribution < -0.4 is 16.0 Å². The summed E-state index contributed by atoms with van der Waals surface area (Å²) in [5, 5.41) is 17.4. The molecular weight excluding hydrogens is 476 g/mol. The highest BCUT2D eigenvalue weighted by Gasteiger charge is 2.27. The zero-order chi connectivity index (χ0) is 23.3. The van der Waals surface area contributed by atoms with Crippen molar-refractivity contribution < 1.29 is 14.0 Å². The van der Waals surface area contributed by atoms with Crippen molar-refractivity contribution in [2.45, 2.75) is 26.3 Å². The predicted octanol–water partition coefficient (Wildman–Crippen LogP) is 5.83. The fourth-order valence-corrected chi connectivity index (χ4v) is 3.89. The van der Waals surface area contributed by atoms with E-state index in [1.54, 1.807) is 18.2 Å². The van der Waals surface area contributed by atoms with Gasteiger partial charge in [0.15, 0.2) is 0 Å². The van der Waals surface area contributed by atoms with Crippen LogP contribution in [0, 0.1) is 11.7 Å². The number of carbonyl (C=O) groups is 2. The highest BCUT2D eigenvalue weighted by atomic mass is 35.5. The van der Waals surface area contributed by atoms with E-state index in [9.17, 15) is 14.0 Å². The van der Waals surface area contributed by atoms with Gasteiger partial charge in [0.1, 0.15) is 16.9 Å². The Kier molecular flexibility index (Phi) is 8.00. The van der Waals surface area contributed by atoms with Gasteiger partial charge in [0.25, 0.3) is 0 Å². The van der Waals surface area contributed by atoms with Crippen LogP contribution in [-0.2, 0) is 4.79 Å². The van der Waals surface area contributed by atoms with E-state index >= 15 is 0 Å². The van der Waals surface area contributed by atoms with Gasteiger partial charge in [-0.2, -0.15) is 0 Å². The summed E-state index contributed by atoms with van der Waals surface area (Å²) < 4.78 is 13.3. The maximum atomic E-state index is 13.3. The number of nitrogens with one attached hydrogen (secondary N) is 3. The zero-order valence-electron chi connectivity index (χ0n) is 17.2. The average molecular weight is 496 g/mol. The van der Waals surface area contributed by atoms with E-state index in [2.05, 4.69) is 26.1 Å². The first-order valence-corrected chi connectivity index (χ1v) is 11.3. The molecule has 2 atom stereocenters. The van der Waals surface area contributed by atoms with Gasteiger partial charge in [0, 0.05) is 16.3 Å². The van der Waals surface area contributed by atoms with E-state index in [1.165, 1.54) is 23.5 Å². The number of halogens is 3. The predicted molar refractivity (Wildman–Crippen MR) is 126 cm³/mol. The highest BCUT2D eigenvalue weighted by Crippen LogP contribution is 2.28. The lowest BCUT2D eigenvalue weighted by molar-refractivity contribution is -0.119. The van der Waals surface area contributed by atoms with Crippen molar-refractivity contribution in [3.8, 4) is 10.6 Å². The Labute approximate surface area is 198 Å². The number of amides is 3. The van der Waals surface area contributed by atoms with Crippen molar-refractivity contribution >= 4 is 57.3 Å². The second kappa shape index (κ2) is 10.7. The molecule has 0 spiro atoms. The Morgan fingerprint density at radius 2 is 1.91 bits per heavy atom. The topological polar surface area (TPSA) is 96.0 Å². The number of carbonyl (C=O) groups excluding carboxylic acids is 2. The van der Waals surface area contributed by atoms with Crippen LogP contribution in [0.3, 0.4) is 0 Å². The minimum atomic E-state index is -0.838. The minimum Gasteiger partial charge on any atom is -0.326 e. The Balaban J connectivity index is 1.68. The fourth-order valence-electron chi connectivity index (χ4n) is 2.78. The molecule has 0 aliphatic rings. The van der Waals surface area contributed by atoms with Crippen LogP contribution in [0.25, 0.3) is 10.6 Å². The molecule has 0 saturated heterocycles. The lowest BCUT2D eigenvalue weighted by atomic mass is 9.98. The molecule has 1 heterocycles. The first kappa shape index (κ1) is 23.9. The lowest BCUT2D eigenvalue weighted by Gasteiger charge is -2.23. The van der Waals surface area contributed by atoms with Crippen LogP contribution in [-0.4, -0.2) is 28.2 Å². The Morgan fingerprint density at radius 3 is 2.59 bits per heavy atom. The molecule has 0 aliphatic heterocycles. The molecule has 3 amide bonds. The number of benzene rings is 2. The smallest absolute Gasteiger partial charge is 0.319 e. The maximum Gasteiger partial charge on any atom is 0.319 e. The molecule has 1 aromatic heterocycles. The molecule has 7 nitrogen and oxygen atoms in total. The largest absolute Gasteiger partial charge is 0.326 e. The highest BCUT2D eigenvalue weighted by molar-refractivity contribution is 7.18. The number of anilines is 2. The van der Waals surface area contributed by atoms with Gasteiger partial charge >= 0.3 is 6.03 Å². The van der Waals surface area contributed by atoms with E-state index in [0.29, 0.717) is 27.3 Å². The summed E-state index contributed by atoms with van der Waals surface area (Å²) in [4.78, 5) is 25.3. The molecule has 3 N–H and O–H groups in total. The van der Waals surface area contributed by atoms with Crippen LogP contribution in [0.1, 0.15) is 20.3 Å². The second-order valence-electron chi connectivity index (χ2n) is 7.00. The van der Waals surface area contributed by atoms with Crippen LogP contribution in [0.2, 0.25) is 10.0 Å². The number of aromatic nitrogens is 2. The molecule has 0 aliphatic carbocycles. The quantitative estimate of drug-likeness (QED) is 0.384. The number of hydrogen-bond acceptors (Lipinski definition) is 5. The number of nitrogens with zero attached hydrogens (tertiary/aromatic N) is 2. The number of urea groups is 1.